The zero-order valence-corrected chi connectivity index (χ0v) is 16.1. The minimum atomic E-state index is -4.27. The molecule has 0 radical (unpaired) electrons. The number of aryl methyl sites for hydroxylation is 2. The molecule has 0 fully saturated rings. The van der Waals surface area contributed by atoms with Gasteiger partial charge in [0.1, 0.15) is 10.1 Å². The molecule has 0 aliphatic heterocycles. The maximum absolute atomic E-state index is 10.4. The number of thioether (sulfide) groups is 1. The summed E-state index contributed by atoms with van der Waals surface area (Å²) in [5.74, 6) is 1.04. The minimum Gasteiger partial charge on any atom is -0.744 e. The summed E-state index contributed by atoms with van der Waals surface area (Å²) >= 11 is 1.75. The van der Waals surface area contributed by atoms with E-state index in [1.807, 2.05) is 25.1 Å². The lowest BCUT2D eigenvalue weighted by Gasteiger charge is -2.05. The van der Waals surface area contributed by atoms with Gasteiger partial charge in [0, 0.05) is 11.8 Å². The third kappa shape index (κ3) is 5.07. The Morgan fingerprint density at radius 3 is 2.28 bits per heavy atom. The van der Waals surface area contributed by atoms with Gasteiger partial charge in [-0.05, 0) is 43.8 Å². The van der Waals surface area contributed by atoms with Crippen molar-refractivity contribution in [3.63, 3.8) is 0 Å². The Balaban J connectivity index is 0.000000186. The molecule has 2 aromatic carbocycles. The fraction of sp³-hybridized carbons (Fsp3) is 0.278. The van der Waals surface area contributed by atoms with Gasteiger partial charge < -0.3 is 8.97 Å². The minimum absolute atomic E-state index is 0.178. The molecule has 0 bridgehead atoms. The number of nitrogens with zero attached hydrogens (tertiary/aromatic N) is 1. The third-order valence-corrected chi connectivity index (χ3v) is 5.16. The van der Waals surface area contributed by atoms with Gasteiger partial charge in [-0.15, -0.1) is 0 Å². The molecule has 7 heteroatoms. The van der Waals surface area contributed by atoms with Gasteiger partial charge in [-0.2, -0.15) is 4.57 Å². The van der Waals surface area contributed by atoms with Crippen LogP contribution in [0, 0.1) is 6.92 Å². The molecule has 25 heavy (non-hydrogen) atoms. The first-order valence-electron chi connectivity index (χ1n) is 7.93. The second kappa shape index (κ2) is 8.51. The van der Waals surface area contributed by atoms with Crippen molar-refractivity contribution in [1.29, 1.82) is 0 Å². The molecule has 0 saturated heterocycles. The van der Waals surface area contributed by atoms with Crippen LogP contribution in [-0.2, 0) is 16.7 Å². The van der Waals surface area contributed by atoms with Crippen LogP contribution < -0.4 is 4.57 Å². The van der Waals surface area contributed by atoms with E-state index in [4.69, 9.17) is 4.42 Å². The summed E-state index contributed by atoms with van der Waals surface area (Å²) in [7, 11) is -4.27. The topological polar surface area (TPSA) is 74.2 Å². The predicted molar refractivity (Wildman–Crippen MR) is 97.6 cm³/mol. The summed E-state index contributed by atoms with van der Waals surface area (Å²) in [6.45, 7) is 7.06. The van der Waals surface area contributed by atoms with E-state index in [1.165, 1.54) is 17.6 Å². The molecule has 3 aromatic rings. The lowest BCUT2D eigenvalue weighted by Crippen LogP contribution is -2.32. The molecule has 1 aromatic heterocycles. The van der Waals surface area contributed by atoms with Crippen LogP contribution in [0.3, 0.4) is 0 Å². The van der Waals surface area contributed by atoms with Crippen LogP contribution in [-0.4, -0.2) is 18.7 Å². The molecule has 134 valence electrons. The molecule has 0 saturated carbocycles. The monoisotopic (exact) mass is 379 g/mol. The summed E-state index contributed by atoms with van der Waals surface area (Å²) in [4.78, 5) is -0.178. The molecular weight excluding hydrogens is 358 g/mol. The van der Waals surface area contributed by atoms with E-state index in [0.717, 1.165) is 28.7 Å². The van der Waals surface area contributed by atoms with Gasteiger partial charge in [0.2, 0.25) is 5.58 Å². The van der Waals surface area contributed by atoms with Crippen LogP contribution in [0.5, 0.6) is 0 Å². The van der Waals surface area contributed by atoms with E-state index in [0.29, 0.717) is 0 Å². The maximum Gasteiger partial charge on any atom is 0.412 e. The Hall–Kier alpha value is -1.83. The summed E-state index contributed by atoms with van der Waals surface area (Å²) in [6.07, 6.45) is 0. The van der Waals surface area contributed by atoms with Crippen molar-refractivity contribution in [3.05, 3.63) is 54.1 Å². The molecule has 5 nitrogen and oxygen atoms in total. The Morgan fingerprint density at radius 1 is 1.08 bits per heavy atom. The average molecular weight is 380 g/mol. The number of fused-ring (bicyclic) bond motifs is 1. The molecule has 0 amide bonds. The lowest BCUT2D eigenvalue weighted by atomic mass is 10.2. The van der Waals surface area contributed by atoms with E-state index in [2.05, 4.69) is 24.5 Å². The molecule has 0 spiro atoms. The van der Waals surface area contributed by atoms with Gasteiger partial charge in [0.05, 0.1) is 4.90 Å². The van der Waals surface area contributed by atoms with Crippen molar-refractivity contribution in [2.24, 2.45) is 0 Å². The summed E-state index contributed by atoms with van der Waals surface area (Å²) in [5.41, 5.74) is 3.09. The van der Waals surface area contributed by atoms with Crippen molar-refractivity contribution in [2.45, 2.75) is 37.4 Å². The fourth-order valence-electron chi connectivity index (χ4n) is 2.25. The smallest absolute Gasteiger partial charge is 0.412 e. The Kier molecular flexibility index (Phi) is 6.64. The van der Waals surface area contributed by atoms with E-state index >= 15 is 0 Å². The van der Waals surface area contributed by atoms with Gasteiger partial charge in [-0.3, -0.25) is 0 Å². The summed E-state index contributed by atoms with van der Waals surface area (Å²) < 4.78 is 39.1. The van der Waals surface area contributed by atoms with Gasteiger partial charge in [0.15, 0.2) is 6.54 Å². The quantitative estimate of drug-likeness (QED) is 0.392. The van der Waals surface area contributed by atoms with Gasteiger partial charge in [0.25, 0.3) is 5.52 Å². The van der Waals surface area contributed by atoms with Crippen LogP contribution in [0.1, 0.15) is 19.4 Å². The Bertz CT molecular complexity index is 931. The highest BCUT2D eigenvalue weighted by molar-refractivity contribution is 7.98. The van der Waals surface area contributed by atoms with Gasteiger partial charge in [-0.1, -0.05) is 36.8 Å². The van der Waals surface area contributed by atoms with E-state index in [9.17, 15) is 13.0 Å². The van der Waals surface area contributed by atoms with E-state index < -0.39 is 10.1 Å². The molecule has 0 aliphatic rings. The van der Waals surface area contributed by atoms with Crippen molar-refractivity contribution in [3.8, 4) is 0 Å². The van der Waals surface area contributed by atoms with Crippen LogP contribution in [0.15, 0.2) is 63.1 Å². The second-order valence-corrected chi connectivity index (χ2v) is 7.88. The van der Waals surface area contributed by atoms with Crippen molar-refractivity contribution in [2.75, 3.05) is 5.75 Å². The lowest BCUT2D eigenvalue weighted by molar-refractivity contribution is -0.713. The number of aromatic nitrogens is 1. The molecule has 0 N–H and O–H groups in total. The predicted octanol–water partition coefficient (Wildman–Crippen LogP) is 3.75. The SMILES string of the molecule is CCSc1oc2ccccc2[n+]1CC.Cc1ccc(S(=O)(=O)[O-])cc1. The van der Waals surface area contributed by atoms with Crippen molar-refractivity contribution in [1.82, 2.24) is 0 Å². The zero-order chi connectivity index (χ0) is 18.4. The summed E-state index contributed by atoms with van der Waals surface area (Å²) in [6, 6.07) is 13.9. The second-order valence-electron chi connectivity index (χ2n) is 5.28. The molecule has 0 atom stereocenters. The molecule has 0 aliphatic carbocycles. The van der Waals surface area contributed by atoms with Crippen LogP contribution in [0.25, 0.3) is 11.1 Å². The van der Waals surface area contributed by atoms with Gasteiger partial charge in [-0.25, -0.2) is 8.42 Å². The number of hydrogen-bond acceptors (Lipinski definition) is 5. The number of hydrogen-bond donors (Lipinski definition) is 0. The zero-order valence-electron chi connectivity index (χ0n) is 14.4. The fourth-order valence-corrected chi connectivity index (χ4v) is 3.50. The van der Waals surface area contributed by atoms with Crippen molar-refractivity contribution < 1.29 is 22.0 Å². The molecule has 0 unspecified atom stereocenters. The maximum atomic E-state index is 10.4. The molecular formula is C18H21NO4S2. The standard InChI is InChI=1S/C11H14NOS.C7H8O3S/c1-3-12-9-7-5-6-8-10(9)13-11(12)14-4-2;1-6-2-4-7(5-3-6)11(8,9)10/h5-8H,3-4H2,1-2H3;2-5H,1H3,(H,8,9,10)/q+1;/p-1. The molecule has 1 heterocycles. The highest BCUT2D eigenvalue weighted by Crippen LogP contribution is 2.21. The number of oxazole rings is 1. The highest BCUT2D eigenvalue weighted by atomic mass is 32.2. The first kappa shape index (κ1) is 19.5. The van der Waals surface area contributed by atoms with E-state index in [1.54, 1.807) is 23.9 Å². The summed E-state index contributed by atoms with van der Waals surface area (Å²) in [5, 5.41) is 1.01. The van der Waals surface area contributed by atoms with Crippen LogP contribution >= 0.6 is 11.8 Å². The normalized spacial score (nSPS) is 11.2. The first-order valence-corrected chi connectivity index (χ1v) is 10.3. The number of para-hydroxylation sites is 2. The van der Waals surface area contributed by atoms with E-state index in [-0.39, 0.29) is 4.90 Å². The van der Waals surface area contributed by atoms with Gasteiger partial charge >= 0.3 is 5.22 Å². The molecule has 3 rings (SSSR count). The third-order valence-electron chi connectivity index (χ3n) is 3.47. The first-order chi connectivity index (χ1) is 11.9. The largest absolute Gasteiger partial charge is 0.744 e. The number of benzene rings is 2. The van der Waals surface area contributed by atoms with Crippen LogP contribution in [0.2, 0.25) is 0 Å². The Labute approximate surface area is 152 Å². The Morgan fingerprint density at radius 2 is 1.72 bits per heavy atom. The van der Waals surface area contributed by atoms with Crippen LogP contribution in [0.4, 0.5) is 0 Å². The highest BCUT2D eigenvalue weighted by Gasteiger charge is 2.19. The number of rotatable bonds is 4. The average Bonchev–Trinajstić information content (AvgIpc) is 2.92. The van der Waals surface area contributed by atoms with Crippen molar-refractivity contribution >= 4 is 33.0 Å².